The van der Waals surface area contributed by atoms with Crippen molar-refractivity contribution in [3.8, 4) is 16.3 Å². The molecule has 3 N–H and O–H groups in total. The highest BCUT2D eigenvalue weighted by Crippen LogP contribution is 2.32. The summed E-state index contributed by atoms with van der Waals surface area (Å²) in [5.41, 5.74) is 7.14. The lowest BCUT2D eigenvalue weighted by atomic mass is 9.97. The average Bonchev–Trinajstić information content (AvgIpc) is 3.20. The van der Waals surface area contributed by atoms with Crippen LogP contribution in [0.15, 0.2) is 29.6 Å². The highest BCUT2D eigenvalue weighted by molar-refractivity contribution is 7.13. The smallest absolute Gasteiger partial charge is 0.226 e. The second kappa shape index (κ2) is 11.1. The van der Waals surface area contributed by atoms with Crippen molar-refractivity contribution in [1.29, 1.82) is 0 Å². The van der Waals surface area contributed by atoms with Crippen molar-refractivity contribution >= 4 is 23.2 Å². The summed E-state index contributed by atoms with van der Waals surface area (Å²) in [6.45, 7) is 5.74. The molecule has 0 spiro atoms. The Kier molecular flexibility index (Phi) is 8.21. The first-order valence-corrected chi connectivity index (χ1v) is 11.4. The maximum Gasteiger partial charge on any atom is 0.226 e. The number of nitrogens with two attached hydrogens (primary N) is 1. The van der Waals surface area contributed by atoms with Crippen LogP contribution in [0.4, 0.5) is 0 Å². The minimum Gasteiger partial charge on any atom is -0.493 e. The number of hydrogen-bond donors (Lipinski definition) is 2. The lowest BCUT2D eigenvalue weighted by molar-refractivity contribution is -0.123. The molecule has 2 aromatic rings. The maximum absolute atomic E-state index is 12.3. The molecule has 0 radical (unpaired) electrons. The summed E-state index contributed by atoms with van der Waals surface area (Å²) in [4.78, 5) is 30.5. The van der Waals surface area contributed by atoms with Gasteiger partial charge in [-0.25, -0.2) is 4.98 Å². The molecule has 0 saturated carbocycles. The molecular weight excluding hydrogens is 400 g/mol. The van der Waals surface area contributed by atoms with Crippen molar-refractivity contribution in [1.82, 2.24) is 15.2 Å². The quantitative estimate of drug-likeness (QED) is 0.564. The summed E-state index contributed by atoms with van der Waals surface area (Å²) in [6.07, 6.45) is 2.99. The van der Waals surface area contributed by atoms with E-state index >= 15 is 0 Å². The first kappa shape index (κ1) is 22.2. The standard InChI is InChI=1S/C22H30N4O3S/c1-2-29-19-9-4-3-8-18(19)22-25-17(15-30-22)13-20(27)24-10-6-12-26-11-5-7-16(14-26)21(23)28/h3-4,8-9,15-16H,2,5-7,10-14H2,1H3,(H2,23,28)(H,24,27). The Morgan fingerprint density at radius 1 is 1.37 bits per heavy atom. The van der Waals surface area contributed by atoms with Gasteiger partial charge in [-0.15, -0.1) is 11.3 Å². The number of aromatic nitrogens is 1. The van der Waals surface area contributed by atoms with Gasteiger partial charge in [0.2, 0.25) is 11.8 Å². The zero-order valence-electron chi connectivity index (χ0n) is 17.4. The van der Waals surface area contributed by atoms with Crippen LogP contribution in [0.1, 0.15) is 31.9 Å². The molecule has 1 atom stereocenters. The fourth-order valence-electron chi connectivity index (χ4n) is 3.68. The Balaban J connectivity index is 1.42. The van der Waals surface area contributed by atoms with Gasteiger partial charge in [0.25, 0.3) is 0 Å². The van der Waals surface area contributed by atoms with Gasteiger partial charge in [-0.1, -0.05) is 12.1 Å². The fourth-order valence-corrected chi connectivity index (χ4v) is 4.53. The summed E-state index contributed by atoms with van der Waals surface area (Å²) in [7, 11) is 0. The molecule has 1 aliphatic rings. The zero-order chi connectivity index (χ0) is 21.3. The van der Waals surface area contributed by atoms with Gasteiger partial charge in [-0.05, 0) is 51.4 Å². The summed E-state index contributed by atoms with van der Waals surface area (Å²) in [6, 6.07) is 7.81. The van der Waals surface area contributed by atoms with E-state index < -0.39 is 0 Å². The molecule has 2 heterocycles. The van der Waals surface area contributed by atoms with E-state index in [0.29, 0.717) is 13.2 Å². The number of ether oxygens (including phenoxy) is 1. The van der Waals surface area contributed by atoms with Crippen molar-refractivity contribution in [2.24, 2.45) is 11.7 Å². The molecule has 30 heavy (non-hydrogen) atoms. The Bertz CT molecular complexity index is 854. The van der Waals surface area contributed by atoms with Crippen molar-refractivity contribution in [3.63, 3.8) is 0 Å². The van der Waals surface area contributed by atoms with E-state index in [1.165, 1.54) is 11.3 Å². The third-order valence-corrected chi connectivity index (χ3v) is 6.12. The van der Waals surface area contributed by atoms with E-state index in [1.54, 1.807) is 0 Å². The number of nitrogens with one attached hydrogen (secondary N) is 1. The molecule has 1 fully saturated rings. The molecule has 8 heteroatoms. The molecule has 1 aromatic carbocycles. The number of rotatable bonds is 10. The topological polar surface area (TPSA) is 97.6 Å². The summed E-state index contributed by atoms with van der Waals surface area (Å²) >= 11 is 1.52. The van der Waals surface area contributed by atoms with Crippen LogP contribution in [-0.2, 0) is 16.0 Å². The number of carbonyl (C=O) groups is 2. The molecule has 1 saturated heterocycles. The second-order valence-corrected chi connectivity index (χ2v) is 8.35. The van der Waals surface area contributed by atoms with Gasteiger partial charge in [-0.3, -0.25) is 9.59 Å². The largest absolute Gasteiger partial charge is 0.493 e. The number of thiazole rings is 1. The van der Waals surface area contributed by atoms with E-state index in [-0.39, 0.29) is 24.2 Å². The second-order valence-electron chi connectivity index (χ2n) is 7.50. The number of hydrogen-bond acceptors (Lipinski definition) is 6. The van der Waals surface area contributed by atoms with Crippen LogP contribution in [0, 0.1) is 5.92 Å². The number of primary amides is 1. The maximum atomic E-state index is 12.3. The fraction of sp³-hybridized carbons (Fsp3) is 0.500. The number of benzene rings is 1. The van der Waals surface area contributed by atoms with Gasteiger partial charge in [-0.2, -0.15) is 0 Å². The van der Waals surface area contributed by atoms with Crippen molar-refractivity contribution in [2.45, 2.75) is 32.6 Å². The van der Waals surface area contributed by atoms with Gasteiger partial charge in [0.05, 0.1) is 30.2 Å². The lowest BCUT2D eigenvalue weighted by Crippen LogP contribution is -2.42. The summed E-state index contributed by atoms with van der Waals surface area (Å²) in [5.74, 6) is 0.528. The minimum atomic E-state index is -0.209. The van der Waals surface area contributed by atoms with Gasteiger partial charge in [0.15, 0.2) is 0 Å². The third-order valence-electron chi connectivity index (χ3n) is 5.19. The number of para-hydroxylation sites is 1. The Morgan fingerprint density at radius 2 is 2.20 bits per heavy atom. The Labute approximate surface area is 181 Å². The normalized spacial score (nSPS) is 16.9. The van der Waals surface area contributed by atoms with Crippen LogP contribution in [0.2, 0.25) is 0 Å². The molecule has 2 amide bonds. The molecular formula is C22H30N4O3S. The van der Waals surface area contributed by atoms with E-state index in [4.69, 9.17) is 10.5 Å². The predicted octanol–water partition coefficient (Wildman–Crippen LogP) is 2.45. The number of carbonyl (C=O) groups excluding carboxylic acids is 2. The van der Waals surface area contributed by atoms with Gasteiger partial charge < -0.3 is 20.7 Å². The van der Waals surface area contributed by atoms with Crippen LogP contribution in [-0.4, -0.2) is 54.5 Å². The molecule has 1 aliphatic heterocycles. The number of amides is 2. The number of nitrogens with zero attached hydrogens (tertiary/aromatic N) is 2. The summed E-state index contributed by atoms with van der Waals surface area (Å²) in [5, 5.41) is 5.75. The monoisotopic (exact) mass is 430 g/mol. The first-order chi connectivity index (χ1) is 14.6. The van der Waals surface area contributed by atoms with Crippen LogP contribution in [0.3, 0.4) is 0 Å². The SMILES string of the molecule is CCOc1ccccc1-c1nc(CC(=O)NCCCN2CCCC(C(N)=O)C2)cs1. The van der Waals surface area contributed by atoms with Crippen molar-refractivity contribution in [3.05, 3.63) is 35.3 Å². The lowest BCUT2D eigenvalue weighted by Gasteiger charge is -2.31. The Morgan fingerprint density at radius 3 is 3.00 bits per heavy atom. The van der Waals surface area contributed by atoms with Crippen LogP contribution in [0.25, 0.3) is 10.6 Å². The molecule has 0 aliphatic carbocycles. The highest BCUT2D eigenvalue weighted by atomic mass is 32.1. The van der Waals surface area contributed by atoms with E-state index in [0.717, 1.165) is 60.9 Å². The van der Waals surface area contributed by atoms with Crippen LogP contribution < -0.4 is 15.8 Å². The number of likely N-dealkylation sites (tertiary alicyclic amines) is 1. The molecule has 162 valence electrons. The van der Waals surface area contributed by atoms with Gasteiger partial charge in [0, 0.05) is 18.5 Å². The highest BCUT2D eigenvalue weighted by Gasteiger charge is 2.23. The molecule has 0 bridgehead atoms. The number of piperidine rings is 1. The van der Waals surface area contributed by atoms with Crippen molar-refractivity contribution in [2.75, 3.05) is 32.8 Å². The zero-order valence-corrected chi connectivity index (χ0v) is 18.2. The summed E-state index contributed by atoms with van der Waals surface area (Å²) < 4.78 is 5.67. The van der Waals surface area contributed by atoms with E-state index in [1.807, 2.05) is 36.6 Å². The Hall–Kier alpha value is -2.45. The van der Waals surface area contributed by atoms with Crippen LogP contribution >= 0.6 is 11.3 Å². The van der Waals surface area contributed by atoms with E-state index in [2.05, 4.69) is 15.2 Å². The first-order valence-electron chi connectivity index (χ1n) is 10.5. The molecule has 1 aromatic heterocycles. The third kappa shape index (κ3) is 6.27. The van der Waals surface area contributed by atoms with E-state index in [9.17, 15) is 9.59 Å². The predicted molar refractivity (Wildman–Crippen MR) is 118 cm³/mol. The molecule has 7 nitrogen and oxygen atoms in total. The van der Waals surface area contributed by atoms with Crippen LogP contribution in [0.5, 0.6) is 5.75 Å². The van der Waals surface area contributed by atoms with Gasteiger partial charge in [0.1, 0.15) is 10.8 Å². The minimum absolute atomic E-state index is 0.0291. The molecule has 3 rings (SSSR count). The molecule has 1 unspecified atom stereocenters. The average molecular weight is 431 g/mol. The van der Waals surface area contributed by atoms with Crippen molar-refractivity contribution < 1.29 is 14.3 Å². The van der Waals surface area contributed by atoms with Gasteiger partial charge >= 0.3 is 0 Å².